The summed E-state index contributed by atoms with van der Waals surface area (Å²) in [6.45, 7) is 0.766. The molecule has 0 radical (unpaired) electrons. The maximum absolute atomic E-state index is 4.08. The van der Waals surface area contributed by atoms with E-state index in [2.05, 4.69) is 39.2 Å². The molecule has 2 rings (SSSR count). The Bertz CT molecular complexity index is 420. The molecule has 2 aromatic rings. The van der Waals surface area contributed by atoms with Crippen molar-refractivity contribution in [1.82, 2.24) is 14.8 Å². The molecule has 0 aliphatic carbocycles. The SMILES string of the molecule is CN(C)c1cccc(Cn2cncn2)c1. The van der Waals surface area contributed by atoms with Crippen molar-refractivity contribution in [2.45, 2.75) is 6.54 Å². The fourth-order valence-corrected chi connectivity index (χ4v) is 1.43. The Morgan fingerprint density at radius 1 is 1.33 bits per heavy atom. The molecule has 4 nitrogen and oxygen atoms in total. The molecule has 1 aromatic carbocycles. The van der Waals surface area contributed by atoms with Gasteiger partial charge < -0.3 is 4.90 Å². The third-order valence-corrected chi connectivity index (χ3v) is 2.24. The van der Waals surface area contributed by atoms with E-state index in [4.69, 9.17) is 0 Å². The topological polar surface area (TPSA) is 34.0 Å². The first-order valence-corrected chi connectivity index (χ1v) is 4.84. The molecule has 15 heavy (non-hydrogen) atoms. The van der Waals surface area contributed by atoms with Crippen LogP contribution in [0.2, 0.25) is 0 Å². The molecule has 0 atom stereocenters. The highest BCUT2D eigenvalue weighted by Gasteiger charge is 1.98. The van der Waals surface area contributed by atoms with E-state index >= 15 is 0 Å². The highest BCUT2D eigenvalue weighted by molar-refractivity contribution is 5.47. The van der Waals surface area contributed by atoms with Crippen molar-refractivity contribution in [3.63, 3.8) is 0 Å². The van der Waals surface area contributed by atoms with E-state index in [1.54, 1.807) is 12.7 Å². The number of aromatic nitrogens is 3. The van der Waals surface area contributed by atoms with Crippen LogP contribution in [0.15, 0.2) is 36.9 Å². The molecule has 0 N–H and O–H groups in total. The zero-order valence-electron chi connectivity index (χ0n) is 8.96. The van der Waals surface area contributed by atoms with Gasteiger partial charge in [0, 0.05) is 19.8 Å². The summed E-state index contributed by atoms with van der Waals surface area (Å²) < 4.78 is 1.81. The Labute approximate surface area is 89.2 Å². The predicted molar refractivity (Wildman–Crippen MR) is 59.9 cm³/mol. The van der Waals surface area contributed by atoms with Crippen molar-refractivity contribution in [3.05, 3.63) is 42.5 Å². The lowest BCUT2D eigenvalue weighted by molar-refractivity contribution is 0.685. The number of hydrogen-bond acceptors (Lipinski definition) is 3. The van der Waals surface area contributed by atoms with E-state index in [-0.39, 0.29) is 0 Å². The molecule has 0 aliphatic heterocycles. The summed E-state index contributed by atoms with van der Waals surface area (Å²) >= 11 is 0. The van der Waals surface area contributed by atoms with Crippen LogP contribution in [0, 0.1) is 0 Å². The molecule has 0 saturated carbocycles. The summed E-state index contributed by atoms with van der Waals surface area (Å²) in [7, 11) is 4.07. The summed E-state index contributed by atoms with van der Waals surface area (Å²) in [5.74, 6) is 0. The minimum atomic E-state index is 0.766. The first-order chi connectivity index (χ1) is 7.25. The van der Waals surface area contributed by atoms with Gasteiger partial charge in [-0.2, -0.15) is 5.10 Å². The van der Waals surface area contributed by atoms with Gasteiger partial charge >= 0.3 is 0 Å². The summed E-state index contributed by atoms with van der Waals surface area (Å²) in [5.41, 5.74) is 2.43. The average Bonchev–Trinajstić information content (AvgIpc) is 2.71. The minimum Gasteiger partial charge on any atom is -0.378 e. The average molecular weight is 202 g/mol. The molecule has 1 heterocycles. The molecule has 0 amide bonds. The largest absolute Gasteiger partial charge is 0.378 e. The van der Waals surface area contributed by atoms with Gasteiger partial charge in [0.2, 0.25) is 0 Å². The van der Waals surface area contributed by atoms with Crippen LogP contribution >= 0.6 is 0 Å². The van der Waals surface area contributed by atoms with Gasteiger partial charge in [-0.3, -0.25) is 0 Å². The molecule has 78 valence electrons. The van der Waals surface area contributed by atoms with Crippen molar-refractivity contribution in [3.8, 4) is 0 Å². The highest BCUT2D eigenvalue weighted by Crippen LogP contribution is 2.13. The number of anilines is 1. The number of nitrogens with zero attached hydrogens (tertiary/aromatic N) is 4. The van der Waals surface area contributed by atoms with E-state index < -0.39 is 0 Å². The second kappa shape index (κ2) is 4.13. The normalized spacial score (nSPS) is 10.3. The van der Waals surface area contributed by atoms with Gasteiger partial charge in [0.1, 0.15) is 12.7 Å². The smallest absolute Gasteiger partial charge is 0.137 e. The lowest BCUT2D eigenvalue weighted by atomic mass is 10.2. The van der Waals surface area contributed by atoms with Crippen molar-refractivity contribution < 1.29 is 0 Å². The molecule has 0 unspecified atom stereocenters. The molecular weight excluding hydrogens is 188 g/mol. The van der Waals surface area contributed by atoms with E-state index in [0.717, 1.165) is 6.54 Å². The van der Waals surface area contributed by atoms with E-state index in [0.29, 0.717) is 0 Å². The van der Waals surface area contributed by atoms with Gasteiger partial charge in [0.25, 0.3) is 0 Å². The predicted octanol–water partition coefficient (Wildman–Crippen LogP) is 1.39. The van der Waals surface area contributed by atoms with Crippen LogP contribution in [0.1, 0.15) is 5.56 Å². The van der Waals surface area contributed by atoms with Crippen LogP contribution in [0.4, 0.5) is 5.69 Å². The maximum atomic E-state index is 4.08. The lowest BCUT2D eigenvalue weighted by Gasteiger charge is -2.13. The van der Waals surface area contributed by atoms with Crippen LogP contribution < -0.4 is 4.90 Å². The van der Waals surface area contributed by atoms with E-state index in [9.17, 15) is 0 Å². The Balaban J connectivity index is 2.18. The molecule has 0 bridgehead atoms. The van der Waals surface area contributed by atoms with Gasteiger partial charge in [-0.15, -0.1) is 0 Å². The molecule has 0 spiro atoms. The van der Waals surface area contributed by atoms with Gasteiger partial charge in [0.05, 0.1) is 6.54 Å². The number of rotatable bonds is 3. The summed E-state index contributed by atoms with van der Waals surface area (Å²) in [4.78, 5) is 6.01. The van der Waals surface area contributed by atoms with Gasteiger partial charge in [-0.25, -0.2) is 9.67 Å². The summed E-state index contributed by atoms with van der Waals surface area (Å²) in [5, 5.41) is 4.08. The quantitative estimate of drug-likeness (QED) is 0.754. The van der Waals surface area contributed by atoms with Crippen LogP contribution in [0.5, 0.6) is 0 Å². The van der Waals surface area contributed by atoms with Crippen LogP contribution in [0.25, 0.3) is 0 Å². The molecule has 1 aromatic heterocycles. The van der Waals surface area contributed by atoms with Crippen molar-refractivity contribution >= 4 is 5.69 Å². The van der Waals surface area contributed by atoms with Crippen LogP contribution in [-0.2, 0) is 6.54 Å². The van der Waals surface area contributed by atoms with Gasteiger partial charge in [-0.1, -0.05) is 12.1 Å². The third kappa shape index (κ3) is 2.34. The molecule has 0 saturated heterocycles. The van der Waals surface area contributed by atoms with Crippen molar-refractivity contribution in [2.75, 3.05) is 19.0 Å². The van der Waals surface area contributed by atoms with E-state index in [1.165, 1.54) is 11.3 Å². The zero-order chi connectivity index (χ0) is 10.7. The third-order valence-electron chi connectivity index (χ3n) is 2.24. The summed E-state index contributed by atoms with van der Waals surface area (Å²) in [6, 6.07) is 8.39. The zero-order valence-corrected chi connectivity index (χ0v) is 8.96. The minimum absolute atomic E-state index is 0.766. The molecule has 0 fully saturated rings. The van der Waals surface area contributed by atoms with Crippen molar-refractivity contribution in [1.29, 1.82) is 0 Å². The fraction of sp³-hybridized carbons (Fsp3) is 0.273. The monoisotopic (exact) mass is 202 g/mol. The van der Waals surface area contributed by atoms with E-state index in [1.807, 2.05) is 18.8 Å². The molecule has 4 heteroatoms. The van der Waals surface area contributed by atoms with Crippen molar-refractivity contribution in [2.24, 2.45) is 0 Å². The lowest BCUT2D eigenvalue weighted by Crippen LogP contribution is -2.09. The molecular formula is C11H14N4. The maximum Gasteiger partial charge on any atom is 0.137 e. The van der Waals surface area contributed by atoms with Gasteiger partial charge in [0.15, 0.2) is 0 Å². The highest BCUT2D eigenvalue weighted by atomic mass is 15.3. The standard InChI is InChI=1S/C11H14N4/c1-14(2)11-5-3-4-10(6-11)7-15-9-12-8-13-15/h3-6,8-9H,7H2,1-2H3. The number of benzene rings is 1. The number of hydrogen-bond donors (Lipinski definition) is 0. The van der Waals surface area contributed by atoms with Crippen LogP contribution in [-0.4, -0.2) is 28.9 Å². The Kier molecular flexibility index (Phi) is 2.67. The Morgan fingerprint density at radius 3 is 2.87 bits per heavy atom. The Morgan fingerprint density at radius 2 is 2.20 bits per heavy atom. The fourth-order valence-electron chi connectivity index (χ4n) is 1.43. The summed E-state index contributed by atoms with van der Waals surface area (Å²) in [6.07, 6.45) is 3.28. The second-order valence-electron chi connectivity index (χ2n) is 3.66. The molecule has 0 aliphatic rings. The first kappa shape index (κ1) is 9.71. The van der Waals surface area contributed by atoms with Gasteiger partial charge in [-0.05, 0) is 17.7 Å². The first-order valence-electron chi connectivity index (χ1n) is 4.84. The Hall–Kier alpha value is -1.84. The second-order valence-corrected chi connectivity index (χ2v) is 3.66. The van der Waals surface area contributed by atoms with Crippen LogP contribution in [0.3, 0.4) is 0 Å².